The van der Waals surface area contributed by atoms with E-state index in [4.69, 9.17) is 5.73 Å². The minimum Gasteiger partial charge on any atom is -0.325 e. The Morgan fingerprint density at radius 2 is 2.06 bits per heavy atom. The molecule has 0 saturated heterocycles. The summed E-state index contributed by atoms with van der Waals surface area (Å²) in [4.78, 5) is 0. The number of aryl methyl sites for hydroxylation is 2. The minimum absolute atomic E-state index is 0.0641. The second kappa shape index (κ2) is 4.64. The molecule has 1 saturated carbocycles. The van der Waals surface area contributed by atoms with E-state index in [1.54, 1.807) is 0 Å². The van der Waals surface area contributed by atoms with Crippen LogP contribution in [0.5, 0.6) is 0 Å². The fourth-order valence-corrected chi connectivity index (χ4v) is 3.66. The van der Waals surface area contributed by atoms with E-state index < -0.39 is 0 Å². The Kier molecular flexibility index (Phi) is 3.63. The molecule has 1 unspecified atom stereocenters. The number of rotatable bonds is 3. The molecule has 18 heavy (non-hydrogen) atoms. The van der Waals surface area contributed by atoms with Crippen molar-refractivity contribution in [3.8, 4) is 0 Å². The van der Waals surface area contributed by atoms with Gasteiger partial charge in [0.1, 0.15) is 0 Å². The zero-order valence-corrected chi connectivity index (χ0v) is 13.5. The Balaban J connectivity index is 2.24. The lowest BCUT2D eigenvalue weighted by Gasteiger charge is -2.27. The van der Waals surface area contributed by atoms with Gasteiger partial charge in [-0.05, 0) is 54.5 Å². The number of nitrogens with zero attached hydrogens (tertiary/aromatic N) is 2. The fourth-order valence-electron chi connectivity index (χ4n) is 3.24. The van der Waals surface area contributed by atoms with Crippen molar-refractivity contribution in [3.63, 3.8) is 0 Å². The summed E-state index contributed by atoms with van der Waals surface area (Å²) in [6.07, 6.45) is 4.35. The predicted molar refractivity (Wildman–Crippen MR) is 78.6 cm³/mol. The average Bonchev–Trinajstić information content (AvgIpc) is 2.69. The molecule has 1 aromatic rings. The summed E-state index contributed by atoms with van der Waals surface area (Å²) in [6, 6.07) is 0. The monoisotopic (exact) mass is 313 g/mol. The highest BCUT2D eigenvalue weighted by Crippen LogP contribution is 2.44. The van der Waals surface area contributed by atoms with Crippen molar-refractivity contribution in [1.82, 2.24) is 9.78 Å². The topological polar surface area (TPSA) is 43.8 Å². The second-order valence-electron chi connectivity index (χ2n) is 6.54. The molecule has 1 atom stereocenters. The van der Waals surface area contributed by atoms with Crippen LogP contribution in [0.2, 0.25) is 0 Å². The molecule has 1 aliphatic carbocycles. The molecule has 2 N–H and O–H groups in total. The zero-order valence-electron chi connectivity index (χ0n) is 11.9. The molecule has 102 valence electrons. The molecular formula is C14H24BrN3. The van der Waals surface area contributed by atoms with Gasteiger partial charge in [0.25, 0.3) is 0 Å². The molecule has 1 aromatic heterocycles. The van der Waals surface area contributed by atoms with Gasteiger partial charge < -0.3 is 5.73 Å². The van der Waals surface area contributed by atoms with E-state index in [1.807, 2.05) is 6.92 Å². The van der Waals surface area contributed by atoms with Crippen molar-refractivity contribution < 1.29 is 0 Å². The highest BCUT2D eigenvalue weighted by Gasteiger charge is 2.41. The fraction of sp³-hybridized carbons (Fsp3) is 0.786. The Labute approximate surface area is 118 Å². The van der Waals surface area contributed by atoms with Crippen LogP contribution in [0, 0.1) is 12.3 Å². The lowest BCUT2D eigenvalue weighted by Crippen LogP contribution is -2.40. The van der Waals surface area contributed by atoms with Crippen LogP contribution < -0.4 is 5.73 Å². The molecule has 1 heterocycles. The largest absolute Gasteiger partial charge is 0.325 e. The van der Waals surface area contributed by atoms with E-state index >= 15 is 0 Å². The van der Waals surface area contributed by atoms with Crippen molar-refractivity contribution >= 4 is 15.9 Å². The van der Waals surface area contributed by atoms with Crippen molar-refractivity contribution in [2.45, 2.75) is 65.5 Å². The summed E-state index contributed by atoms with van der Waals surface area (Å²) < 4.78 is 3.22. The van der Waals surface area contributed by atoms with Crippen molar-refractivity contribution in [3.05, 3.63) is 15.9 Å². The van der Waals surface area contributed by atoms with Gasteiger partial charge in [0.2, 0.25) is 0 Å². The molecule has 0 amide bonds. The van der Waals surface area contributed by atoms with Gasteiger partial charge in [-0.25, -0.2) is 0 Å². The smallest absolute Gasteiger partial charge is 0.0738 e. The molecular weight excluding hydrogens is 290 g/mol. The van der Waals surface area contributed by atoms with Crippen molar-refractivity contribution in [2.24, 2.45) is 11.1 Å². The normalized spacial score (nSPS) is 26.8. The van der Waals surface area contributed by atoms with Crippen LogP contribution in [0.3, 0.4) is 0 Å². The Bertz CT molecular complexity index is 450. The first-order chi connectivity index (χ1) is 8.26. The lowest BCUT2D eigenvalue weighted by atomic mass is 9.86. The standard InChI is InChI=1S/C14H24BrN3/c1-5-18-11(12(15)10(2)17-18)8-14(16)7-6-13(3,4)9-14/h5-9,16H2,1-4H3. The number of halogens is 1. The molecule has 4 heteroatoms. The van der Waals surface area contributed by atoms with Crippen molar-refractivity contribution in [2.75, 3.05) is 0 Å². The highest BCUT2D eigenvalue weighted by molar-refractivity contribution is 9.10. The maximum Gasteiger partial charge on any atom is 0.0738 e. The molecule has 0 spiro atoms. The molecule has 0 radical (unpaired) electrons. The maximum atomic E-state index is 6.61. The Morgan fingerprint density at radius 3 is 2.56 bits per heavy atom. The lowest BCUT2D eigenvalue weighted by molar-refractivity contribution is 0.330. The first kappa shape index (κ1) is 14.1. The second-order valence-corrected chi connectivity index (χ2v) is 7.33. The summed E-state index contributed by atoms with van der Waals surface area (Å²) in [5, 5.41) is 4.55. The predicted octanol–water partition coefficient (Wildman–Crippen LogP) is 3.42. The quantitative estimate of drug-likeness (QED) is 0.929. The SMILES string of the molecule is CCn1nc(C)c(Br)c1CC1(N)CCC(C)(C)C1. The van der Waals surface area contributed by atoms with Crippen LogP contribution in [0.25, 0.3) is 0 Å². The highest BCUT2D eigenvalue weighted by atomic mass is 79.9. The van der Waals surface area contributed by atoms with Gasteiger partial charge >= 0.3 is 0 Å². The molecule has 1 fully saturated rings. The van der Waals surface area contributed by atoms with Gasteiger partial charge in [0, 0.05) is 18.5 Å². The van der Waals surface area contributed by atoms with Crippen LogP contribution in [-0.4, -0.2) is 15.3 Å². The van der Waals surface area contributed by atoms with Gasteiger partial charge in [0.05, 0.1) is 15.9 Å². The molecule has 2 rings (SSSR count). The molecule has 0 aliphatic heterocycles. The number of nitrogens with two attached hydrogens (primary N) is 1. The van der Waals surface area contributed by atoms with E-state index in [0.29, 0.717) is 5.41 Å². The van der Waals surface area contributed by atoms with Gasteiger partial charge in [-0.15, -0.1) is 0 Å². The zero-order chi connectivity index (χ0) is 13.6. The van der Waals surface area contributed by atoms with E-state index in [1.165, 1.54) is 12.1 Å². The summed E-state index contributed by atoms with van der Waals surface area (Å²) in [6.45, 7) is 9.71. The van der Waals surface area contributed by atoms with Gasteiger partial charge in [0.15, 0.2) is 0 Å². The summed E-state index contributed by atoms with van der Waals surface area (Å²) in [7, 11) is 0. The average molecular weight is 314 g/mol. The number of hydrogen-bond donors (Lipinski definition) is 1. The van der Waals surface area contributed by atoms with Crippen LogP contribution in [0.4, 0.5) is 0 Å². The first-order valence-electron chi connectivity index (χ1n) is 6.77. The molecule has 3 nitrogen and oxygen atoms in total. The Morgan fingerprint density at radius 1 is 1.39 bits per heavy atom. The van der Waals surface area contributed by atoms with E-state index in [2.05, 4.69) is 46.5 Å². The van der Waals surface area contributed by atoms with Crippen LogP contribution >= 0.6 is 15.9 Å². The molecule has 1 aliphatic rings. The van der Waals surface area contributed by atoms with Gasteiger partial charge in [-0.1, -0.05) is 13.8 Å². The van der Waals surface area contributed by atoms with Crippen LogP contribution in [0.1, 0.15) is 51.4 Å². The summed E-state index contributed by atoms with van der Waals surface area (Å²) in [5.74, 6) is 0. The summed E-state index contributed by atoms with van der Waals surface area (Å²) in [5.41, 5.74) is 9.25. The van der Waals surface area contributed by atoms with E-state index in [9.17, 15) is 0 Å². The summed E-state index contributed by atoms with van der Waals surface area (Å²) >= 11 is 3.66. The Hall–Kier alpha value is -0.350. The third-order valence-electron chi connectivity index (χ3n) is 4.10. The minimum atomic E-state index is -0.0641. The molecule has 0 aromatic carbocycles. The number of aromatic nitrogens is 2. The van der Waals surface area contributed by atoms with Crippen LogP contribution in [0.15, 0.2) is 4.47 Å². The third kappa shape index (κ3) is 2.64. The molecule has 0 bridgehead atoms. The number of hydrogen-bond acceptors (Lipinski definition) is 2. The van der Waals surface area contributed by atoms with Gasteiger partial charge in [-0.3, -0.25) is 4.68 Å². The van der Waals surface area contributed by atoms with Crippen LogP contribution in [-0.2, 0) is 13.0 Å². The van der Waals surface area contributed by atoms with E-state index in [0.717, 1.165) is 36.0 Å². The maximum absolute atomic E-state index is 6.61. The van der Waals surface area contributed by atoms with Crippen molar-refractivity contribution in [1.29, 1.82) is 0 Å². The van der Waals surface area contributed by atoms with E-state index in [-0.39, 0.29) is 5.54 Å². The first-order valence-corrected chi connectivity index (χ1v) is 7.56. The van der Waals surface area contributed by atoms with Gasteiger partial charge in [-0.2, -0.15) is 5.10 Å². The third-order valence-corrected chi connectivity index (χ3v) is 5.13.